The van der Waals surface area contributed by atoms with Crippen LogP contribution in [0.4, 0.5) is 11.5 Å². The number of H-pyrrole nitrogens is 1. The highest BCUT2D eigenvalue weighted by Crippen LogP contribution is 2.10. The monoisotopic (exact) mass is 306 g/mol. The number of nitrogens with two attached hydrogens (primary N) is 1. The minimum atomic E-state index is -0.197. The van der Waals surface area contributed by atoms with E-state index in [1.165, 1.54) is 12.3 Å². The van der Waals surface area contributed by atoms with Crippen molar-refractivity contribution in [2.24, 2.45) is 5.10 Å². The molecule has 0 unspecified atom stereocenters. The van der Waals surface area contributed by atoms with Gasteiger partial charge in [0.1, 0.15) is 5.82 Å². The van der Waals surface area contributed by atoms with E-state index in [1.807, 2.05) is 30.3 Å². The number of pyridine rings is 1. The lowest BCUT2D eigenvalue weighted by Crippen LogP contribution is -2.11. The van der Waals surface area contributed by atoms with E-state index in [1.54, 1.807) is 0 Å². The molecule has 0 atom stereocenters. The van der Waals surface area contributed by atoms with Crippen molar-refractivity contribution in [2.45, 2.75) is 0 Å². The number of anilines is 2. The van der Waals surface area contributed by atoms with Crippen molar-refractivity contribution in [1.29, 1.82) is 0 Å². The number of hydrogen-bond acceptors (Lipinski definition) is 4. The van der Waals surface area contributed by atoms with Gasteiger partial charge >= 0.3 is 0 Å². The van der Waals surface area contributed by atoms with Crippen LogP contribution in [0.15, 0.2) is 50.9 Å². The molecule has 0 fully saturated rings. The van der Waals surface area contributed by atoms with Gasteiger partial charge in [0, 0.05) is 6.07 Å². The van der Waals surface area contributed by atoms with Gasteiger partial charge in [0.05, 0.1) is 22.1 Å². The van der Waals surface area contributed by atoms with Crippen LogP contribution in [-0.4, -0.2) is 11.2 Å². The Labute approximate surface area is 112 Å². The van der Waals surface area contributed by atoms with E-state index in [9.17, 15) is 4.79 Å². The van der Waals surface area contributed by atoms with Gasteiger partial charge in [0.25, 0.3) is 0 Å². The van der Waals surface area contributed by atoms with Crippen LogP contribution in [0.5, 0.6) is 0 Å². The van der Waals surface area contributed by atoms with Crippen molar-refractivity contribution in [3.8, 4) is 0 Å². The molecule has 0 saturated carbocycles. The molecule has 0 radical (unpaired) electrons. The highest BCUT2D eigenvalue weighted by atomic mass is 79.9. The molecule has 1 aromatic carbocycles. The van der Waals surface area contributed by atoms with Crippen LogP contribution in [0, 0.1) is 0 Å². The summed E-state index contributed by atoms with van der Waals surface area (Å²) >= 11 is 3.23. The second-order valence-corrected chi connectivity index (χ2v) is 4.35. The Kier molecular flexibility index (Phi) is 3.78. The molecular weight excluding hydrogens is 296 g/mol. The van der Waals surface area contributed by atoms with Gasteiger partial charge in [-0.05, 0) is 28.1 Å². The number of benzene rings is 1. The van der Waals surface area contributed by atoms with Gasteiger partial charge in [-0.1, -0.05) is 18.2 Å². The minimum absolute atomic E-state index is 0.197. The number of halogens is 1. The highest BCUT2D eigenvalue weighted by Gasteiger charge is 2.03. The quantitative estimate of drug-likeness (QED) is 0.461. The lowest BCUT2D eigenvalue weighted by Gasteiger charge is -2.01. The zero-order chi connectivity index (χ0) is 13.0. The van der Waals surface area contributed by atoms with E-state index in [0.29, 0.717) is 16.0 Å². The summed E-state index contributed by atoms with van der Waals surface area (Å²) in [4.78, 5) is 14.5. The summed E-state index contributed by atoms with van der Waals surface area (Å²) in [6, 6.07) is 10.8. The molecule has 0 amide bonds. The van der Waals surface area contributed by atoms with Gasteiger partial charge < -0.3 is 10.7 Å². The zero-order valence-corrected chi connectivity index (χ0v) is 10.9. The third-order valence-corrected chi connectivity index (χ3v) is 2.83. The molecule has 1 heterocycles. The molecule has 5 nitrogen and oxygen atoms in total. The van der Waals surface area contributed by atoms with Gasteiger partial charge in [0.2, 0.25) is 0 Å². The molecule has 2 rings (SSSR count). The zero-order valence-electron chi connectivity index (χ0n) is 9.35. The molecule has 4 N–H and O–H groups in total. The first kappa shape index (κ1) is 12.4. The molecule has 1 aromatic heterocycles. The average Bonchev–Trinajstić information content (AvgIpc) is 2.34. The number of nitrogens with zero attached hydrogens (tertiary/aromatic N) is 1. The van der Waals surface area contributed by atoms with Gasteiger partial charge in [-0.25, -0.2) is 0 Å². The molecule has 0 spiro atoms. The fraction of sp³-hybridized carbons (Fsp3) is 0. The predicted octanol–water partition coefficient (Wildman–Crippen LogP) is 2.17. The molecule has 2 aromatic rings. The predicted molar refractivity (Wildman–Crippen MR) is 76.8 cm³/mol. The van der Waals surface area contributed by atoms with E-state index in [2.05, 4.69) is 31.4 Å². The first-order valence-electron chi connectivity index (χ1n) is 5.19. The number of nitrogens with one attached hydrogen (secondary N) is 2. The van der Waals surface area contributed by atoms with Crippen LogP contribution in [0.25, 0.3) is 0 Å². The van der Waals surface area contributed by atoms with Crippen molar-refractivity contribution in [1.82, 2.24) is 4.98 Å². The molecular formula is C12H11BrN4O. The number of aromatic nitrogens is 1. The molecule has 92 valence electrons. The Bertz CT molecular complexity index is 622. The Morgan fingerprint density at radius 1 is 1.33 bits per heavy atom. The summed E-state index contributed by atoms with van der Waals surface area (Å²) in [7, 11) is 0. The minimum Gasteiger partial charge on any atom is -0.385 e. The van der Waals surface area contributed by atoms with Gasteiger partial charge in [-0.15, -0.1) is 0 Å². The first-order chi connectivity index (χ1) is 8.66. The lowest BCUT2D eigenvalue weighted by molar-refractivity contribution is 1.24. The van der Waals surface area contributed by atoms with Crippen LogP contribution in [0.3, 0.4) is 0 Å². The summed E-state index contributed by atoms with van der Waals surface area (Å²) < 4.78 is 0.506. The summed E-state index contributed by atoms with van der Waals surface area (Å²) in [5.41, 5.74) is 9.39. The molecule has 18 heavy (non-hydrogen) atoms. The summed E-state index contributed by atoms with van der Waals surface area (Å²) in [5.74, 6) is 0.306. The van der Waals surface area contributed by atoms with E-state index in [4.69, 9.17) is 5.73 Å². The van der Waals surface area contributed by atoms with E-state index in [0.717, 1.165) is 5.69 Å². The van der Waals surface area contributed by atoms with Crippen LogP contribution < -0.4 is 16.6 Å². The molecule has 0 aliphatic rings. The topological polar surface area (TPSA) is 83.3 Å². The van der Waals surface area contributed by atoms with Crippen LogP contribution in [-0.2, 0) is 0 Å². The Hall–Kier alpha value is -2.08. The second kappa shape index (κ2) is 5.50. The van der Waals surface area contributed by atoms with Crippen molar-refractivity contribution in [3.63, 3.8) is 0 Å². The highest BCUT2D eigenvalue weighted by molar-refractivity contribution is 9.10. The third-order valence-electron chi connectivity index (χ3n) is 2.20. The Morgan fingerprint density at radius 3 is 2.72 bits per heavy atom. The first-order valence-corrected chi connectivity index (χ1v) is 5.98. The maximum absolute atomic E-state index is 11.7. The van der Waals surface area contributed by atoms with Crippen LogP contribution >= 0.6 is 15.9 Å². The standard InChI is InChI=1S/C12H11BrN4O/c13-12-9(10(18)6-11(14)16-12)7-15-17-8-4-2-1-3-5-8/h1-7,17H,(H3,14,16,18)/b15-7+. The summed E-state index contributed by atoms with van der Waals surface area (Å²) in [6.07, 6.45) is 1.44. The van der Waals surface area contributed by atoms with Crippen LogP contribution in [0.2, 0.25) is 0 Å². The van der Waals surface area contributed by atoms with Crippen molar-refractivity contribution >= 4 is 33.6 Å². The maximum atomic E-state index is 11.7. The molecule has 6 heteroatoms. The van der Waals surface area contributed by atoms with Gasteiger partial charge in [0.15, 0.2) is 5.43 Å². The summed E-state index contributed by atoms with van der Waals surface area (Å²) in [6.45, 7) is 0. The van der Waals surface area contributed by atoms with E-state index < -0.39 is 0 Å². The normalized spacial score (nSPS) is 10.7. The maximum Gasteiger partial charge on any atom is 0.193 e. The largest absolute Gasteiger partial charge is 0.385 e. The Balaban J connectivity index is 2.18. The van der Waals surface area contributed by atoms with Crippen molar-refractivity contribution in [3.05, 3.63) is 56.8 Å². The van der Waals surface area contributed by atoms with Crippen molar-refractivity contribution in [2.75, 3.05) is 11.2 Å². The van der Waals surface area contributed by atoms with Crippen molar-refractivity contribution < 1.29 is 0 Å². The smallest absolute Gasteiger partial charge is 0.193 e. The fourth-order valence-corrected chi connectivity index (χ4v) is 1.89. The Morgan fingerprint density at radius 2 is 2.06 bits per heavy atom. The SMILES string of the molecule is Nc1cc(=O)c(/C=N/Nc2ccccc2)c(Br)[nH]1. The number of rotatable bonds is 3. The molecule has 0 aliphatic carbocycles. The van der Waals surface area contributed by atoms with E-state index >= 15 is 0 Å². The fourth-order valence-electron chi connectivity index (χ4n) is 1.36. The number of para-hydroxylation sites is 1. The van der Waals surface area contributed by atoms with E-state index in [-0.39, 0.29) is 5.43 Å². The van der Waals surface area contributed by atoms with Crippen LogP contribution in [0.1, 0.15) is 5.56 Å². The summed E-state index contributed by atoms with van der Waals surface area (Å²) in [5, 5.41) is 4.00. The molecule has 0 aliphatic heterocycles. The molecule has 0 bridgehead atoms. The van der Waals surface area contributed by atoms with Gasteiger partial charge in [-0.2, -0.15) is 5.10 Å². The number of aromatic amines is 1. The lowest BCUT2D eigenvalue weighted by atomic mass is 10.3. The average molecular weight is 307 g/mol. The number of hydrogen-bond donors (Lipinski definition) is 3. The van der Waals surface area contributed by atoms with Gasteiger partial charge in [-0.3, -0.25) is 10.2 Å². The third kappa shape index (κ3) is 2.98. The number of hydrazone groups is 1. The molecule has 0 saturated heterocycles. The second-order valence-electron chi connectivity index (χ2n) is 3.55. The number of nitrogen functional groups attached to an aromatic ring is 1.